The van der Waals surface area contributed by atoms with Gasteiger partial charge in [0.25, 0.3) is 0 Å². The molecule has 2 aromatic rings. The third-order valence-corrected chi connectivity index (χ3v) is 4.34. The van der Waals surface area contributed by atoms with E-state index in [0.717, 1.165) is 35.6 Å². The smallest absolute Gasteiger partial charge is 0.198 e. The second-order valence-corrected chi connectivity index (χ2v) is 6.11. The number of nitrogens with one attached hydrogen (secondary N) is 2. The van der Waals surface area contributed by atoms with Gasteiger partial charge in [-0.2, -0.15) is 0 Å². The molecule has 2 rings (SSSR count). The highest BCUT2D eigenvalue weighted by atomic mass is 16.5. The summed E-state index contributed by atoms with van der Waals surface area (Å²) in [4.78, 5) is 17.7. The lowest BCUT2D eigenvalue weighted by molar-refractivity contribution is -0.914. The fraction of sp³-hybridized carbons (Fsp3) is 0.526. The van der Waals surface area contributed by atoms with Crippen molar-refractivity contribution in [2.45, 2.75) is 20.4 Å². The molecule has 0 saturated carbocycles. The van der Waals surface area contributed by atoms with Crippen LogP contribution in [-0.4, -0.2) is 52.1 Å². The van der Waals surface area contributed by atoms with Gasteiger partial charge in [-0.15, -0.1) is 0 Å². The first-order valence-electron chi connectivity index (χ1n) is 8.70. The van der Waals surface area contributed by atoms with E-state index in [4.69, 9.17) is 14.2 Å². The number of hydrogen-bond acceptors (Lipinski definition) is 4. The minimum Gasteiger partial charge on any atom is -0.494 e. The van der Waals surface area contributed by atoms with Crippen molar-refractivity contribution < 1.29 is 19.1 Å². The number of benzene rings is 1. The van der Waals surface area contributed by atoms with Crippen LogP contribution in [-0.2, 0) is 16.0 Å². The Morgan fingerprint density at radius 3 is 2.40 bits per heavy atom. The Balaban J connectivity index is 2.36. The summed E-state index contributed by atoms with van der Waals surface area (Å²) in [5, 5.41) is 0.671. The van der Waals surface area contributed by atoms with E-state index in [2.05, 4.69) is 4.98 Å². The average Bonchev–Trinajstić information content (AvgIpc) is 2.61. The maximum Gasteiger partial charge on any atom is 0.198 e. The lowest BCUT2D eigenvalue weighted by atomic mass is 10.1. The first kappa shape index (κ1) is 19.4. The fourth-order valence-corrected chi connectivity index (χ4v) is 2.94. The predicted molar refractivity (Wildman–Crippen MR) is 98.6 cm³/mol. The standard InChI is InChI=1S/C19H28N2O4/c1-5-25-15-6-7-18-16(12-15)19(22)17(14(2)20-18)13-21(8-10-23-3)9-11-24-4/h6-7,12H,5,8-11,13H2,1-4H3,(H,20,22)/p+1. The highest BCUT2D eigenvalue weighted by Gasteiger charge is 2.16. The second-order valence-electron chi connectivity index (χ2n) is 6.11. The molecule has 0 atom stereocenters. The summed E-state index contributed by atoms with van der Waals surface area (Å²) in [6.45, 7) is 8.07. The molecule has 0 aliphatic rings. The number of aryl methyl sites for hydroxylation is 1. The van der Waals surface area contributed by atoms with Crippen molar-refractivity contribution in [3.63, 3.8) is 0 Å². The molecule has 0 aliphatic carbocycles. The molecular weight excluding hydrogens is 320 g/mol. The first-order valence-corrected chi connectivity index (χ1v) is 8.70. The zero-order valence-corrected chi connectivity index (χ0v) is 15.6. The van der Waals surface area contributed by atoms with Gasteiger partial charge in [-0.25, -0.2) is 0 Å². The molecule has 0 saturated heterocycles. The molecule has 138 valence electrons. The van der Waals surface area contributed by atoms with Crippen molar-refractivity contribution >= 4 is 10.9 Å². The van der Waals surface area contributed by atoms with E-state index in [1.165, 1.54) is 4.90 Å². The molecule has 0 bridgehead atoms. The monoisotopic (exact) mass is 349 g/mol. The number of pyridine rings is 1. The summed E-state index contributed by atoms with van der Waals surface area (Å²) in [5.74, 6) is 0.721. The van der Waals surface area contributed by atoms with E-state index >= 15 is 0 Å². The SMILES string of the molecule is CCOc1ccc2[nH]c(C)c(C[NH+](CCOC)CCOC)c(=O)c2c1. The number of ether oxygens (including phenoxy) is 3. The van der Waals surface area contributed by atoms with Gasteiger partial charge < -0.3 is 24.1 Å². The normalized spacial score (nSPS) is 11.4. The summed E-state index contributed by atoms with van der Waals surface area (Å²) in [6, 6.07) is 5.61. The molecule has 2 N–H and O–H groups in total. The van der Waals surface area contributed by atoms with E-state index in [1.807, 2.05) is 32.0 Å². The van der Waals surface area contributed by atoms with Gasteiger partial charge in [0.1, 0.15) is 25.4 Å². The van der Waals surface area contributed by atoms with Gasteiger partial charge in [-0.3, -0.25) is 4.79 Å². The lowest BCUT2D eigenvalue weighted by Gasteiger charge is -2.20. The average molecular weight is 349 g/mol. The molecule has 6 nitrogen and oxygen atoms in total. The van der Waals surface area contributed by atoms with Gasteiger partial charge in [0, 0.05) is 30.8 Å². The van der Waals surface area contributed by atoms with Gasteiger partial charge >= 0.3 is 0 Å². The van der Waals surface area contributed by atoms with Crippen LogP contribution in [0, 0.1) is 6.92 Å². The van der Waals surface area contributed by atoms with E-state index in [-0.39, 0.29) is 5.43 Å². The largest absolute Gasteiger partial charge is 0.494 e. The van der Waals surface area contributed by atoms with Crippen LogP contribution in [0.25, 0.3) is 10.9 Å². The van der Waals surface area contributed by atoms with Crippen LogP contribution in [0.1, 0.15) is 18.2 Å². The summed E-state index contributed by atoms with van der Waals surface area (Å²) >= 11 is 0. The summed E-state index contributed by atoms with van der Waals surface area (Å²) in [6.07, 6.45) is 0. The molecule has 0 aliphatic heterocycles. The zero-order valence-electron chi connectivity index (χ0n) is 15.6. The minimum atomic E-state index is 0.0696. The number of methoxy groups -OCH3 is 2. The van der Waals surface area contributed by atoms with Crippen LogP contribution in [0.5, 0.6) is 5.75 Å². The third kappa shape index (κ3) is 5.04. The molecule has 1 aromatic heterocycles. The molecule has 1 aromatic carbocycles. The van der Waals surface area contributed by atoms with Crippen molar-refractivity contribution in [1.29, 1.82) is 0 Å². The molecule has 25 heavy (non-hydrogen) atoms. The lowest BCUT2D eigenvalue weighted by Crippen LogP contribution is -3.12. The zero-order chi connectivity index (χ0) is 18.2. The maximum atomic E-state index is 13.0. The summed E-state index contributed by atoms with van der Waals surface area (Å²) < 4.78 is 15.9. The predicted octanol–water partition coefficient (Wildman–Crippen LogP) is 0.913. The maximum absolute atomic E-state index is 13.0. The van der Waals surface area contributed by atoms with Gasteiger partial charge in [0.2, 0.25) is 0 Å². The summed E-state index contributed by atoms with van der Waals surface area (Å²) in [7, 11) is 3.38. The number of aromatic amines is 1. The molecule has 0 spiro atoms. The van der Waals surface area contributed by atoms with Crippen LogP contribution in [0.2, 0.25) is 0 Å². The quantitative estimate of drug-likeness (QED) is 0.669. The van der Waals surface area contributed by atoms with Gasteiger partial charge in [-0.05, 0) is 32.0 Å². The molecule has 0 radical (unpaired) electrons. The Bertz CT molecular complexity index is 734. The van der Waals surface area contributed by atoms with E-state index < -0.39 is 0 Å². The molecular formula is C19H29N2O4+. The molecule has 0 unspecified atom stereocenters. The van der Waals surface area contributed by atoms with Crippen molar-refractivity contribution in [1.82, 2.24) is 4.98 Å². The van der Waals surface area contributed by atoms with Crippen LogP contribution >= 0.6 is 0 Å². The van der Waals surface area contributed by atoms with Gasteiger partial charge in [0.05, 0.1) is 25.4 Å². The van der Waals surface area contributed by atoms with Crippen LogP contribution in [0.4, 0.5) is 0 Å². The Morgan fingerprint density at radius 1 is 1.12 bits per heavy atom. The third-order valence-electron chi connectivity index (χ3n) is 4.34. The van der Waals surface area contributed by atoms with Crippen molar-refractivity contribution in [3.8, 4) is 5.75 Å². The summed E-state index contributed by atoms with van der Waals surface area (Å²) in [5.41, 5.74) is 2.63. The number of aromatic nitrogens is 1. The molecule has 6 heteroatoms. The highest BCUT2D eigenvalue weighted by Crippen LogP contribution is 2.18. The Labute approximate surface area is 148 Å². The minimum absolute atomic E-state index is 0.0696. The topological polar surface area (TPSA) is 65.0 Å². The first-order chi connectivity index (χ1) is 12.1. The van der Waals surface area contributed by atoms with Crippen molar-refractivity contribution in [2.24, 2.45) is 0 Å². The van der Waals surface area contributed by atoms with Crippen LogP contribution < -0.4 is 15.1 Å². The van der Waals surface area contributed by atoms with Crippen molar-refractivity contribution in [3.05, 3.63) is 39.7 Å². The number of quaternary nitrogens is 1. The number of H-pyrrole nitrogens is 1. The van der Waals surface area contributed by atoms with Crippen molar-refractivity contribution in [2.75, 3.05) is 47.1 Å². The van der Waals surface area contributed by atoms with E-state index in [1.54, 1.807) is 14.2 Å². The fourth-order valence-electron chi connectivity index (χ4n) is 2.94. The van der Waals surface area contributed by atoms with Crippen LogP contribution in [0.15, 0.2) is 23.0 Å². The molecule has 1 heterocycles. The second kappa shape index (κ2) is 9.56. The van der Waals surface area contributed by atoms with Crippen LogP contribution in [0.3, 0.4) is 0 Å². The number of fused-ring (bicyclic) bond motifs is 1. The van der Waals surface area contributed by atoms with Gasteiger partial charge in [0.15, 0.2) is 5.43 Å². The number of rotatable bonds is 10. The van der Waals surface area contributed by atoms with E-state index in [0.29, 0.717) is 31.8 Å². The van der Waals surface area contributed by atoms with Gasteiger partial charge in [-0.1, -0.05) is 0 Å². The molecule has 0 amide bonds. The highest BCUT2D eigenvalue weighted by molar-refractivity contribution is 5.81. The number of hydrogen-bond donors (Lipinski definition) is 2. The Hall–Kier alpha value is -1.89. The Kier molecular flexibility index (Phi) is 7.43. The van der Waals surface area contributed by atoms with E-state index in [9.17, 15) is 4.79 Å². The Morgan fingerprint density at radius 2 is 1.80 bits per heavy atom. The molecule has 0 fully saturated rings.